The molecule has 130 valence electrons. The zero-order chi connectivity index (χ0) is 18.3. The molecule has 0 aliphatic heterocycles. The Balaban J connectivity index is 2.40. The molecule has 1 aromatic carbocycles. The number of quaternary nitrogens is 1. The van der Waals surface area contributed by atoms with Crippen molar-refractivity contribution in [2.75, 3.05) is 27.2 Å². The molecule has 5 heteroatoms. The van der Waals surface area contributed by atoms with Crippen LogP contribution in [0.2, 0.25) is 0 Å². The van der Waals surface area contributed by atoms with Crippen LogP contribution in [0.3, 0.4) is 0 Å². The van der Waals surface area contributed by atoms with Gasteiger partial charge in [0.15, 0.2) is 0 Å². The lowest BCUT2D eigenvalue weighted by Gasteiger charge is -2.31. The summed E-state index contributed by atoms with van der Waals surface area (Å²) in [6, 6.07) is 17.6. The fraction of sp³-hybridized carbons (Fsp3) is 0.350. The highest BCUT2D eigenvalue weighted by Crippen LogP contribution is 2.34. The number of amides is 1. The zero-order valence-electron chi connectivity index (χ0n) is 15.0. The molecule has 0 N–H and O–H groups in total. The van der Waals surface area contributed by atoms with Crippen LogP contribution in [0.25, 0.3) is 0 Å². The van der Waals surface area contributed by atoms with Gasteiger partial charge in [-0.05, 0) is 24.6 Å². The molecule has 1 heterocycles. The fourth-order valence-electron chi connectivity index (χ4n) is 2.77. The number of aromatic nitrogens is 1. The van der Waals surface area contributed by atoms with Crippen LogP contribution >= 0.6 is 0 Å². The van der Waals surface area contributed by atoms with Gasteiger partial charge in [0.2, 0.25) is 0 Å². The lowest BCUT2D eigenvalue weighted by molar-refractivity contribution is -0.817. The van der Waals surface area contributed by atoms with E-state index in [-0.39, 0.29) is 10.6 Å². The molecule has 1 unspecified atom stereocenters. The zero-order valence-corrected chi connectivity index (χ0v) is 15.0. The standard InChI is InChI=1S/C20H24N3O2/c1-4-25-19(24)23(2,3)15-13-20(16-21,17-10-6-5-7-11-17)18-12-8-9-14-22-18/h5-12,14H,4,13,15H2,1-3H3/q+1. The van der Waals surface area contributed by atoms with Gasteiger partial charge >= 0.3 is 6.09 Å². The van der Waals surface area contributed by atoms with Crippen molar-refractivity contribution >= 4 is 6.09 Å². The van der Waals surface area contributed by atoms with E-state index in [1.807, 2.05) is 48.5 Å². The highest BCUT2D eigenvalue weighted by Gasteiger charge is 2.40. The van der Waals surface area contributed by atoms with Crippen LogP contribution in [0, 0.1) is 11.3 Å². The lowest BCUT2D eigenvalue weighted by atomic mass is 9.75. The molecule has 0 bridgehead atoms. The van der Waals surface area contributed by atoms with Gasteiger partial charge in [-0.25, -0.2) is 4.48 Å². The minimum atomic E-state index is -0.912. The number of nitriles is 1. The summed E-state index contributed by atoms with van der Waals surface area (Å²) in [7, 11) is 3.59. The molecule has 0 spiro atoms. The number of hydrogen-bond acceptors (Lipinski definition) is 4. The van der Waals surface area contributed by atoms with Crippen LogP contribution in [-0.4, -0.2) is 42.8 Å². The number of pyridine rings is 1. The third-order valence-corrected chi connectivity index (χ3v) is 4.37. The Hall–Kier alpha value is -2.71. The third-order valence-electron chi connectivity index (χ3n) is 4.37. The summed E-state index contributed by atoms with van der Waals surface area (Å²) >= 11 is 0. The normalized spacial score (nSPS) is 13.5. The summed E-state index contributed by atoms with van der Waals surface area (Å²) in [6.07, 6.45) is 1.84. The maximum absolute atomic E-state index is 12.2. The van der Waals surface area contributed by atoms with Gasteiger partial charge in [0.05, 0.1) is 39.0 Å². The van der Waals surface area contributed by atoms with Crippen molar-refractivity contribution in [3.8, 4) is 6.07 Å². The van der Waals surface area contributed by atoms with Gasteiger partial charge in [-0.3, -0.25) is 4.98 Å². The van der Waals surface area contributed by atoms with Crippen LogP contribution in [-0.2, 0) is 10.2 Å². The second kappa shape index (κ2) is 7.91. The van der Waals surface area contributed by atoms with E-state index in [1.165, 1.54) is 0 Å². The minimum absolute atomic E-state index is 0.0525. The number of ether oxygens (including phenoxy) is 1. The Kier molecular flexibility index (Phi) is 5.89. The first-order valence-electron chi connectivity index (χ1n) is 8.35. The Morgan fingerprint density at radius 2 is 1.88 bits per heavy atom. The van der Waals surface area contributed by atoms with Crippen molar-refractivity contribution in [3.05, 3.63) is 66.0 Å². The van der Waals surface area contributed by atoms with Crippen molar-refractivity contribution in [2.24, 2.45) is 0 Å². The SMILES string of the molecule is CCOC(=O)[N+](C)(C)CCC(C#N)(c1ccccc1)c1ccccn1. The molecule has 0 aliphatic carbocycles. The van der Waals surface area contributed by atoms with Crippen LogP contribution in [0.4, 0.5) is 4.79 Å². The van der Waals surface area contributed by atoms with E-state index in [0.29, 0.717) is 25.3 Å². The molecule has 1 aromatic heterocycles. The number of nitrogens with zero attached hydrogens (tertiary/aromatic N) is 3. The molecule has 0 fully saturated rings. The monoisotopic (exact) mass is 338 g/mol. The summed E-state index contributed by atoms with van der Waals surface area (Å²) in [5, 5.41) is 10.1. The lowest BCUT2D eigenvalue weighted by Crippen LogP contribution is -2.48. The molecule has 25 heavy (non-hydrogen) atoms. The van der Waals surface area contributed by atoms with Crippen LogP contribution in [0.1, 0.15) is 24.6 Å². The number of hydrogen-bond donors (Lipinski definition) is 0. The van der Waals surface area contributed by atoms with Gasteiger partial charge in [0, 0.05) is 12.6 Å². The predicted molar refractivity (Wildman–Crippen MR) is 95.7 cm³/mol. The van der Waals surface area contributed by atoms with E-state index < -0.39 is 5.41 Å². The topological polar surface area (TPSA) is 63.0 Å². The molecule has 0 saturated heterocycles. The van der Waals surface area contributed by atoms with Crippen LogP contribution < -0.4 is 0 Å². The highest BCUT2D eigenvalue weighted by atomic mass is 16.6. The van der Waals surface area contributed by atoms with E-state index >= 15 is 0 Å². The summed E-state index contributed by atoms with van der Waals surface area (Å²) in [6.45, 7) is 2.58. The van der Waals surface area contributed by atoms with Gasteiger partial charge in [-0.15, -0.1) is 0 Å². The molecular formula is C20H24N3O2+. The summed E-state index contributed by atoms with van der Waals surface area (Å²) in [4.78, 5) is 16.6. The van der Waals surface area contributed by atoms with Crippen molar-refractivity contribution < 1.29 is 14.0 Å². The second-order valence-electron chi connectivity index (χ2n) is 6.46. The van der Waals surface area contributed by atoms with Crippen molar-refractivity contribution in [3.63, 3.8) is 0 Å². The molecule has 2 rings (SSSR count). The largest absolute Gasteiger partial charge is 0.515 e. The van der Waals surface area contributed by atoms with E-state index in [1.54, 1.807) is 27.2 Å². The average molecular weight is 338 g/mol. The number of rotatable bonds is 6. The molecule has 5 nitrogen and oxygen atoms in total. The first-order valence-corrected chi connectivity index (χ1v) is 8.35. The smallest absolute Gasteiger partial charge is 0.420 e. The number of carbonyl (C=O) groups is 1. The predicted octanol–water partition coefficient (Wildman–Crippen LogP) is 3.51. The molecule has 1 atom stereocenters. The molecule has 2 aromatic rings. The van der Waals surface area contributed by atoms with Gasteiger partial charge in [-0.2, -0.15) is 10.1 Å². The Labute approximate surface area is 149 Å². The Morgan fingerprint density at radius 1 is 1.20 bits per heavy atom. The number of benzene rings is 1. The van der Waals surface area contributed by atoms with Gasteiger partial charge < -0.3 is 4.74 Å². The van der Waals surface area contributed by atoms with Crippen molar-refractivity contribution in [1.29, 1.82) is 5.26 Å². The first-order chi connectivity index (χ1) is 12.0. The summed E-state index contributed by atoms with van der Waals surface area (Å²) in [5.41, 5.74) is 0.650. The Morgan fingerprint density at radius 3 is 2.44 bits per heavy atom. The van der Waals surface area contributed by atoms with Crippen LogP contribution in [0.5, 0.6) is 0 Å². The van der Waals surface area contributed by atoms with Gasteiger partial charge in [0.25, 0.3) is 0 Å². The second-order valence-corrected chi connectivity index (χ2v) is 6.46. The van der Waals surface area contributed by atoms with Crippen molar-refractivity contribution in [1.82, 2.24) is 4.98 Å². The molecule has 0 aliphatic rings. The van der Waals surface area contributed by atoms with E-state index in [9.17, 15) is 10.1 Å². The van der Waals surface area contributed by atoms with E-state index in [0.717, 1.165) is 5.56 Å². The van der Waals surface area contributed by atoms with Gasteiger partial charge in [0.1, 0.15) is 5.41 Å². The molecule has 1 amide bonds. The third kappa shape index (κ3) is 4.04. The Bertz CT molecular complexity index is 697. The van der Waals surface area contributed by atoms with Crippen LogP contribution in [0.15, 0.2) is 54.7 Å². The first kappa shape index (κ1) is 18.6. The maximum atomic E-state index is 12.2. The van der Waals surface area contributed by atoms with Gasteiger partial charge in [-0.1, -0.05) is 36.4 Å². The maximum Gasteiger partial charge on any atom is 0.515 e. The number of carbonyl (C=O) groups excluding carboxylic acids is 1. The average Bonchev–Trinajstić information content (AvgIpc) is 2.64. The van der Waals surface area contributed by atoms with E-state index in [4.69, 9.17) is 4.74 Å². The fourth-order valence-corrected chi connectivity index (χ4v) is 2.77. The van der Waals surface area contributed by atoms with E-state index in [2.05, 4.69) is 11.1 Å². The molecule has 0 radical (unpaired) electrons. The molecular weight excluding hydrogens is 314 g/mol. The summed E-state index contributed by atoms with van der Waals surface area (Å²) in [5.74, 6) is 0. The quantitative estimate of drug-likeness (QED) is 0.756. The van der Waals surface area contributed by atoms with Crippen molar-refractivity contribution in [2.45, 2.75) is 18.8 Å². The highest BCUT2D eigenvalue weighted by molar-refractivity contribution is 5.59. The molecule has 0 saturated carbocycles. The summed E-state index contributed by atoms with van der Waals surface area (Å²) < 4.78 is 5.20. The minimum Gasteiger partial charge on any atom is -0.420 e.